The molecule has 1 aromatic heterocycles. The number of methoxy groups -OCH3 is 1. The van der Waals surface area contributed by atoms with Gasteiger partial charge in [-0.05, 0) is 49.6 Å². The van der Waals surface area contributed by atoms with Crippen molar-refractivity contribution in [3.05, 3.63) is 65.5 Å². The van der Waals surface area contributed by atoms with Crippen LogP contribution in [0.5, 0.6) is 11.5 Å². The highest BCUT2D eigenvalue weighted by Crippen LogP contribution is 2.27. The third kappa shape index (κ3) is 5.70. The van der Waals surface area contributed by atoms with Crippen LogP contribution >= 0.6 is 0 Å². The Morgan fingerprint density at radius 3 is 2.70 bits per heavy atom. The van der Waals surface area contributed by atoms with Gasteiger partial charge < -0.3 is 20.5 Å². The van der Waals surface area contributed by atoms with E-state index in [1.165, 1.54) is 0 Å². The Morgan fingerprint density at radius 2 is 1.93 bits per heavy atom. The molecule has 156 valence electrons. The van der Waals surface area contributed by atoms with Gasteiger partial charge in [0, 0.05) is 18.2 Å². The molecule has 2 aromatic carbocycles. The third-order valence-corrected chi connectivity index (χ3v) is 4.54. The van der Waals surface area contributed by atoms with Crippen molar-refractivity contribution in [3.8, 4) is 22.8 Å². The lowest BCUT2D eigenvalue weighted by Gasteiger charge is -2.11. The molecule has 0 radical (unpaired) electrons. The molecule has 0 aliphatic carbocycles. The molecule has 7 heteroatoms. The van der Waals surface area contributed by atoms with E-state index in [9.17, 15) is 4.79 Å². The van der Waals surface area contributed by atoms with E-state index in [-0.39, 0.29) is 6.61 Å². The van der Waals surface area contributed by atoms with Gasteiger partial charge in [0.05, 0.1) is 12.8 Å². The van der Waals surface area contributed by atoms with Gasteiger partial charge in [-0.3, -0.25) is 4.79 Å². The highest BCUT2D eigenvalue weighted by molar-refractivity contribution is 5.75. The number of hydrogen-bond acceptors (Lipinski definition) is 6. The minimum Gasteiger partial charge on any atom is -0.496 e. The number of carbonyl (C=O) groups excluding carboxylic acids is 1. The Labute approximate surface area is 176 Å². The van der Waals surface area contributed by atoms with E-state index in [1.54, 1.807) is 13.2 Å². The van der Waals surface area contributed by atoms with Crippen molar-refractivity contribution in [2.45, 2.75) is 20.3 Å². The Morgan fingerprint density at radius 1 is 1.10 bits per heavy atom. The monoisotopic (exact) mass is 406 g/mol. The fourth-order valence-corrected chi connectivity index (χ4v) is 3.07. The van der Waals surface area contributed by atoms with Crippen molar-refractivity contribution in [1.82, 2.24) is 9.97 Å². The second-order valence-electron chi connectivity index (χ2n) is 6.95. The number of benzene rings is 2. The maximum Gasteiger partial charge on any atom is 0.255 e. The molecule has 1 heterocycles. The SMILES string of the molecule is COc1cc(-c2cc(NCCc3cccc(OCC(N)=O)c3)nc(C)n2)ccc1C. The topological polar surface area (TPSA) is 99.4 Å². The normalized spacial score (nSPS) is 10.5. The molecule has 0 bridgehead atoms. The van der Waals surface area contributed by atoms with Gasteiger partial charge in [-0.2, -0.15) is 0 Å². The number of aryl methyl sites for hydroxylation is 2. The smallest absolute Gasteiger partial charge is 0.255 e. The van der Waals surface area contributed by atoms with Crippen LogP contribution in [0.25, 0.3) is 11.3 Å². The van der Waals surface area contributed by atoms with Crippen LogP contribution in [0.2, 0.25) is 0 Å². The molecule has 0 saturated heterocycles. The van der Waals surface area contributed by atoms with Crippen LogP contribution in [0.4, 0.5) is 5.82 Å². The zero-order valence-corrected chi connectivity index (χ0v) is 17.4. The van der Waals surface area contributed by atoms with E-state index in [1.807, 2.05) is 56.3 Å². The third-order valence-electron chi connectivity index (χ3n) is 4.54. The lowest BCUT2D eigenvalue weighted by molar-refractivity contribution is -0.119. The second-order valence-corrected chi connectivity index (χ2v) is 6.95. The van der Waals surface area contributed by atoms with Gasteiger partial charge in [0.15, 0.2) is 6.61 Å². The van der Waals surface area contributed by atoms with E-state index >= 15 is 0 Å². The summed E-state index contributed by atoms with van der Waals surface area (Å²) < 4.78 is 10.8. The zero-order chi connectivity index (χ0) is 21.5. The summed E-state index contributed by atoms with van der Waals surface area (Å²) in [5.74, 6) is 2.41. The van der Waals surface area contributed by atoms with E-state index < -0.39 is 5.91 Å². The zero-order valence-electron chi connectivity index (χ0n) is 17.4. The molecule has 0 aliphatic rings. The molecule has 3 rings (SSSR count). The highest BCUT2D eigenvalue weighted by Gasteiger charge is 2.08. The summed E-state index contributed by atoms with van der Waals surface area (Å²) in [4.78, 5) is 19.9. The Hall–Kier alpha value is -3.61. The van der Waals surface area contributed by atoms with Crippen molar-refractivity contribution in [2.75, 3.05) is 25.6 Å². The van der Waals surface area contributed by atoms with Crippen molar-refractivity contribution in [2.24, 2.45) is 5.73 Å². The van der Waals surface area contributed by atoms with Crippen LogP contribution in [0.15, 0.2) is 48.5 Å². The molecule has 0 unspecified atom stereocenters. The Bertz CT molecular complexity index is 1040. The second kappa shape index (κ2) is 9.73. The molecule has 0 spiro atoms. The summed E-state index contributed by atoms with van der Waals surface area (Å²) in [5.41, 5.74) is 9.09. The number of primary amides is 1. The highest BCUT2D eigenvalue weighted by atomic mass is 16.5. The molecule has 1 amide bonds. The van der Waals surface area contributed by atoms with E-state index in [2.05, 4.69) is 15.3 Å². The first-order valence-corrected chi connectivity index (χ1v) is 9.69. The maximum atomic E-state index is 10.9. The van der Waals surface area contributed by atoms with Crippen molar-refractivity contribution in [1.29, 1.82) is 0 Å². The Kier molecular flexibility index (Phi) is 6.85. The number of hydrogen-bond donors (Lipinski definition) is 2. The van der Waals surface area contributed by atoms with Gasteiger partial charge >= 0.3 is 0 Å². The lowest BCUT2D eigenvalue weighted by Crippen LogP contribution is -2.20. The van der Waals surface area contributed by atoms with Gasteiger partial charge in [0.25, 0.3) is 5.91 Å². The fourth-order valence-electron chi connectivity index (χ4n) is 3.07. The number of nitrogens with one attached hydrogen (secondary N) is 1. The number of aromatic nitrogens is 2. The number of nitrogens with two attached hydrogens (primary N) is 1. The first-order valence-electron chi connectivity index (χ1n) is 9.69. The molecule has 30 heavy (non-hydrogen) atoms. The van der Waals surface area contributed by atoms with Crippen LogP contribution in [0.3, 0.4) is 0 Å². The number of ether oxygens (including phenoxy) is 2. The van der Waals surface area contributed by atoms with Crippen LogP contribution < -0.4 is 20.5 Å². The molecule has 0 fully saturated rings. The van der Waals surface area contributed by atoms with Gasteiger partial charge in [-0.25, -0.2) is 9.97 Å². The van der Waals surface area contributed by atoms with Crippen LogP contribution in [-0.4, -0.2) is 36.1 Å². The number of nitrogens with zero attached hydrogens (tertiary/aromatic N) is 2. The Balaban J connectivity index is 1.67. The number of amides is 1. The van der Waals surface area contributed by atoms with Gasteiger partial charge in [0.1, 0.15) is 23.1 Å². The van der Waals surface area contributed by atoms with Gasteiger partial charge in [0.2, 0.25) is 0 Å². The average molecular weight is 406 g/mol. The van der Waals surface area contributed by atoms with E-state index in [0.29, 0.717) is 18.1 Å². The summed E-state index contributed by atoms with van der Waals surface area (Å²) >= 11 is 0. The summed E-state index contributed by atoms with van der Waals surface area (Å²) in [6, 6.07) is 15.6. The number of carbonyl (C=O) groups is 1. The average Bonchev–Trinajstić information content (AvgIpc) is 2.72. The van der Waals surface area contributed by atoms with Crippen LogP contribution in [-0.2, 0) is 11.2 Å². The first kappa shape index (κ1) is 21.1. The molecular formula is C23H26N4O3. The largest absolute Gasteiger partial charge is 0.496 e. The van der Waals surface area contributed by atoms with E-state index in [4.69, 9.17) is 15.2 Å². The minimum absolute atomic E-state index is 0.130. The van der Waals surface area contributed by atoms with Crippen molar-refractivity contribution >= 4 is 11.7 Å². The first-order chi connectivity index (χ1) is 14.4. The summed E-state index contributed by atoms with van der Waals surface area (Å²) in [7, 11) is 1.66. The number of anilines is 1. The maximum absolute atomic E-state index is 10.9. The summed E-state index contributed by atoms with van der Waals surface area (Å²) in [6.45, 7) is 4.44. The standard InChI is InChI=1S/C23H26N4O3/c1-15-7-8-18(12-21(15)29-3)20-13-23(27-16(2)26-20)25-10-9-17-5-4-6-19(11-17)30-14-22(24)28/h4-8,11-13H,9-10,14H2,1-3H3,(H2,24,28)(H,25,26,27). The summed E-state index contributed by atoms with van der Waals surface area (Å²) in [6.07, 6.45) is 0.768. The van der Waals surface area contributed by atoms with Gasteiger partial charge in [-0.1, -0.05) is 24.3 Å². The van der Waals surface area contributed by atoms with Crippen molar-refractivity contribution in [3.63, 3.8) is 0 Å². The lowest BCUT2D eigenvalue weighted by atomic mass is 10.1. The number of rotatable bonds is 9. The molecular weight excluding hydrogens is 380 g/mol. The predicted octanol–water partition coefficient (Wildman–Crippen LogP) is 3.29. The molecule has 0 aliphatic heterocycles. The molecule has 0 saturated carbocycles. The van der Waals surface area contributed by atoms with Gasteiger partial charge in [-0.15, -0.1) is 0 Å². The predicted molar refractivity (Wildman–Crippen MR) is 117 cm³/mol. The van der Waals surface area contributed by atoms with E-state index in [0.717, 1.165) is 40.4 Å². The summed E-state index contributed by atoms with van der Waals surface area (Å²) in [5, 5.41) is 3.36. The molecule has 7 nitrogen and oxygen atoms in total. The molecule has 3 N–H and O–H groups in total. The molecule has 3 aromatic rings. The minimum atomic E-state index is -0.497. The van der Waals surface area contributed by atoms with Crippen molar-refractivity contribution < 1.29 is 14.3 Å². The quantitative estimate of drug-likeness (QED) is 0.566. The fraction of sp³-hybridized carbons (Fsp3) is 0.261. The van der Waals surface area contributed by atoms with Crippen LogP contribution in [0, 0.1) is 13.8 Å². The van der Waals surface area contributed by atoms with Crippen LogP contribution in [0.1, 0.15) is 17.0 Å². The molecule has 0 atom stereocenters.